The fourth-order valence-electron chi connectivity index (χ4n) is 11.9. The average molecular weight is 1070 g/mol. The Kier molecular flexibility index (Phi) is 13.7. The molecule has 408 valence electrons. The first-order valence-corrected chi connectivity index (χ1v) is 25.7. The molecule has 0 radical (unpaired) electrons. The molecule has 7 heterocycles. The molecule has 0 spiro atoms. The van der Waals surface area contributed by atoms with Crippen molar-refractivity contribution in [1.82, 2.24) is 29.6 Å². The van der Waals surface area contributed by atoms with Gasteiger partial charge in [-0.1, -0.05) is 48.9 Å². The van der Waals surface area contributed by atoms with E-state index in [2.05, 4.69) is 25.1 Å². The van der Waals surface area contributed by atoms with Crippen molar-refractivity contribution in [3.63, 3.8) is 0 Å². The number of aliphatic hydroxyl groups is 3. The molecule has 0 saturated carbocycles. The maximum absolute atomic E-state index is 14.5. The second-order valence-electron chi connectivity index (χ2n) is 20.3. The van der Waals surface area contributed by atoms with Crippen LogP contribution >= 0.6 is 0 Å². The minimum Gasteiger partial charge on any atom is -0.479 e. The van der Waals surface area contributed by atoms with E-state index in [-0.39, 0.29) is 74.0 Å². The van der Waals surface area contributed by atoms with Gasteiger partial charge in [0.2, 0.25) is 18.1 Å². The lowest BCUT2D eigenvalue weighted by Crippen LogP contribution is -2.61. The van der Waals surface area contributed by atoms with Crippen molar-refractivity contribution in [2.75, 3.05) is 32.6 Å². The van der Waals surface area contributed by atoms with Crippen molar-refractivity contribution < 1.29 is 77.7 Å². The highest BCUT2D eigenvalue weighted by Gasteiger charge is 2.55. The molecule has 0 aliphatic carbocycles. The van der Waals surface area contributed by atoms with Gasteiger partial charge in [-0.05, 0) is 55.2 Å². The average Bonchev–Trinajstić information content (AvgIpc) is 3.35. The Morgan fingerprint density at radius 2 is 1.58 bits per heavy atom. The fourth-order valence-corrected chi connectivity index (χ4v) is 11.9. The third-order valence-electron chi connectivity index (χ3n) is 15.6. The number of ether oxygens (including phenoxy) is 5. The number of para-hydroxylation sites is 2. The van der Waals surface area contributed by atoms with Crippen molar-refractivity contribution in [2.24, 2.45) is 0 Å². The van der Waals surface area contributed by atoms with Gasteiger partial charge in [0.1, 0.15) is 43.0 Å². The number of carbonyl (C=O) groups is 7. The van der Waals surface area contributed by atoms with Gasteiger partial charge in [0.25, 0.3) is 17.7 Å². The number of unbranched alkanes of at least 4 members (excludes halogenated alkanes) is 2. The molecule has 2 aromatic heterocycles. The first-order valence-electron chi connectivity index (χ1n) is 25.7. The summed E-state index contributed by atoms with van der Waals surface area (Å²) in [5, 5.41) is 53.2. The SMILES string of the molecule is COC1C(N(C)C(=O)OCc2ccc(OC3OC(C(=O)O)C(O)C(O)C3O)c(NC(=O)CCNC(=O)CCCCCN3C(=O)C=CC3=O)c2)CC2OC1(C)n1c3ccccc3c3c4c(c5c6ccccc6n2c5c31)C(=O)NC4. The molecular formula is C55H57N7O16. The predicted octanol–water partition coefficient (Wildman–Crippen LogP) is 3.60. The highest BCUT2D eigenvalue weighted by atomic mass is 16.7. The van der Waals surface area contributed by atoms with E-state index in [0.717, 1.165) is 54.1 Å². The molecule has 5 aliphatic rings. The van der Waals surface area contributed by atoms with Crippen LogP contribution in [0.2, 0.25) is 0 Å². The number of carboxylic acid groups (broad SMARTS) is 1. The summed E-state index contributed by atoms with van der Waals surface area (Å²) >= 11 is 0. The first-order chi connectivity index (χ1) is 37.5. The Morgan fingerprint density at radius 3 is 2.31 bits per heavy atom. The number of hydrogen-bond donors (Lipinski definition) is 7. The number of benzene rings is 4. The molecule has 2 fully saturated rings. The lowest BCUT2D eigenvalue weighted by atomic mass is 9.92. The Labute approximate surface area is 444 Å². The monoisotopic (exact) mass is 1070 g/mol. The molecule has 4 aromatic carbocycles. The van der Waals surface area contributed by atoms with Gasteiger partial charge in [-0.25, -0.2) is 9.59 Å². The van der Waals surface area contributed by atoms with Gasteiger partial charge in [0.05, 0.1) is 39.4 Å². The number of carboxylic acids is 1. The third kappa shape index (κ3) is 8.75. The lowest BCUT2D eigenvalue weighted by molar-refractivity contribution is -0.271. The van der Waals surface area contributed by atoms with E-state index >= 15 is 0 Å². The molecule has 2 saturated heterocycles. The van der Waals surface area contributed by atoms with Crippen LogP contribution in [0.4, 0.5) is 10.5 Å². The first kappa shape index (κ1) is 52.1. The third-order valence-corrected chi connectivity index (χ3v) is 15.6. The number of carbonyl (C=O) groups excluding carboxylic acids is 6. The van der Waals surface area contributed by atoms with Crippen LogP contribution in [0.25, 0.3) is 43.6 Å². The molecule has 23 nitrogen and oxygen atoms in total. The molecule has 6 aromatic rings. The normalized spacial score (nSPS) is 25.2. The highest BCUT2D eigenvalue weighted by molar-refractivity contribution is 6.31. The molecule has 6 amide bonds. The lowest BCUT2D eigenvalue weighted by Gasteiger charge is -2.50. The molecular weight excluding hydrogens is 1010 g/mol. The number of rotatable bonds is 17. The van der Waals surface area contributed by atoms with Crippen molar-refractivity contribution in [3.05, 3.63) is 95.6 Å². The van der Waals surface area contributed by atoms with E-state index in [4.69, 9.17) is 23.7 Å². The van der Waals surface area contributed by atoms with Crippen molar-refractivity contribution in [2.45, 2.75) is 113 Å². The zero-order chi connectivity index (χ0) is 54.9. The van der Waals surface area contributed by atoms with Crippen LogP contribution in [0.15, 0.2) is 78.9 Å². The summed E-state index contributed by atoms with van der Waals surface area (Å²) in [7, 11) is 3.18. The summed E-state index contributed by atoms with van der Waals surface area (Å²) in [5.74, 6) is -3.62. The van der Waals surface area contributed by atoms with Gasteiger partial charge in [0.15, 0.2) is 11.8 Å². The summed E-state index contributed by atoms with van der Waals surface area (Å²) in [6.45, 7) is 2.13. The molecule has 5 aliphatic heterocycles. The van der Waals surface area contributed by atoms with Gasteiger partial charge in [-0.3, -0.25) is 28.9 Å². The van der Waals surface area contributed by atoms with Gasteiger partial charge in [-0.2, -0.15) is 0 Å². The van der Waals surface area contributed by atoms with E-state index in [1.54, 1.807) is 14.2 Å². The van der Waals surface area contributed by atoms with E-state index < -0.39 is 72.8 Å². The maximum atomic E-state index is 14.5. The van der Waals surface area contributed by atoms with Gasteiger partial charge >= 0.3 is 12.1 Å². The standard InChI is InChI=1S/C55H57N7O16/c1-55-50(74-3)34(24-40(78-55)61-32-13-8-6-11-28(32)42-43-30(25-57-51(43)70)41-29-12-7-9-14-33(29)62(55)45(41)44(42)61)59(2)54(73)75-26-27-16-17-35(76-53-48(69)46(67)47(68)49(77-53)52(71)72)31(23-27)58-37(64)20-21-56-36(63)15-5-4-10-22-60-38(65)18-19-39(60)66/h6-9,11-14,16-19,23,34,40,46-50,53,67-69H,4-5,10,15,20-22,24-26H2,1-3H3,(H,56,63)(H,57,70)(H,58,64)(H,71,72). The molecule has 9 atom stereocenters. The number of hydrogen-bond acceptors (Lipinski definition) is 15. The Morgan fingerprint density at radius 1 is 0.859 bits per heavy atom. The molecule has 78 heavy (non-hydrogen) atoms. The van der Waals surface area contributed by atoms with Crippen LogP contribution in [-0.2, 0) is 61.8 Å². The molecule has 7 N–H and O–H groups in total. The zero-order valence-corrected chi connectivity index (χ0v) is 42.7. The smallest absolute Gasteiger partial charge is 0.410 e. The number of amides is 6. The van der Waals surface area contributed by atoms with E-state index in [1.165, 1.54) is 35.3 Å². The number of likely N-dealkylation sites (N-methyl/N-ethyl adjacent to an activating group) is 1. The van der Waals surface area contributed by atoms with Crippen LogP contribution in [0.5, 0.6) is 5.75 Å². The number of methoxy groups -OCH3 is 1. The number of imide groups is 1. The van der Waals surface area contributed by atoms with Crippen molar-refractivity contribution in [1.29, 1.82) is 0 Å². The quantitative estimate of drug-likeness (QED) is 0.0507. The number of anilines is 1. The largest absolute Gasteiger partial charge is 0.479 e. The van der Waals surface area contributed by atoms with Crippen LogP contribution in [-0.4, -0.2) is 151 Å². The van der Waals surface area contributed by atoms with E-state index in [0.29, 0.717) is 36.9 Å². The van der Waals surface area contributed by atoms with Gasteiger partial charge < -0.3 is 74.1 Å². The Balaban J connectivity index is 0.825. The van der Waals surface area contributed by atoms with Crippen LogP contribution < -0.4 is 20.7 Å². The number of aromatic nitrogens is 2. The fraction of sp³-hybridized carbons (Fsp3) is 0.400. The summed E-state index contributed by atoms with van der Waals surface area (Å²) in [6, 6.07) is 19.5. The number of fused-ring (bicyclic) bond motifs is 13. The topological polar surface area (TPSA) is 299 Å². The number of aliphatic hydroxyl groups excluding tert-OH is 3. The molecule has 9 unspecified atom stereocenters. The zero-order valence-electron chi connectivity index (χ0n) is 42.7. The Bertz CT molecular complexity index is 3500. The maximum Gasteiger partial charge on any atom is 0.410 e. The van der Waals surface area contributed by atoms with Gasteiger partial charge in [-0.15, -0.1) is 0 Å². The second kappa shape index (κ2) is 20.5. The van der Waals surface area contributed by atoms with Crippen molar-refractivity contribution >= 4 is 90.9 Å². The number of nitrogens with zero attached hydrogens (tertiary/aromatic N) is 4. The summed E-state index contributed by atoms with van der Waals surface area (Å²) in [4.78, 5) is 92.5. The van der Waals surface area contributed by atoms with Crippen LogP contribution in [0, 0.1) is 0 Å². The predicted molar refractivity (Wildman–Crippen MR) is 277 cm³/mol. The summed E-state index contributed by atoms with van der Waals surface area (Å²) < 4.78 is 35.2. The van der Waals surface area contributed by atoms with Crippen molar-refractivity contribution in [3.8, 4) is 5.75 Å². The van der Waals surface area contributed by atoms with E-state index in [9.17, 15) is 54.0 Å². The molecule has 11 rings (SSSR count). The van der Waals surface area contributed by atoms with Crippen LogP contribution in [0.3, 0.4) is 0 Å². The minimum absolute atomic E-state index is 0.0406. The van der Waals surface area contributed by atoms with Gasteiger partial charge in [0, 0.05) is 86.8 Å². The van der Waals surface area contributed by atoms with Crippen LogP contribution in [0.1, 0.15) is 73.2 Å². The molecule has 2 bridgehead atoms. The Hall–Kier alpha value is -7.93. The summed E-state index contributed by atoms with van der Waals surface area (Å²) in [6.07, 6.45) is -7.75. The number of aliphatic carboxylic acids is 1. The molecule has 23 heteroatoms. The second-order valence-corrected chi connectivity index (χ2v) is 20.3. The van der Waals surface area contributed by atoms with E-state index in [1.807, 2.05) is 55.5 Å². The minimum atomic E-state index is -1.99. The highest BCUT2D eigenvalue weighted by Crippen LogP contribution is 2.54. The number of nitrogens with one attached hydrogen (secondary N) is 3. The summed E-state index contributed by atoms with van der Waals surface area (Å²) in [5.41, 5.74) is 4.00.